The van der Waals surface area contributed by atoms with Gasteiger partial charge in [0.15, 0.2) is 0 Å². The van der Waals surface area contributed by atoms with Crippen molar-refractivity contribution >= 4 is 39.3 Å². The molecule has 0 fully saturated rings. The van der Waals surface area contributed by atoms with Gasteiger partial charge in [0.05, 0.1) is 30.4 Å². The molecule has 4 aromatic rings. The summed E-state index contributed by atoms with van der Waals surface area (Å²) < 4.78 is 10.5. The van der Waals surface area contributed by atoms with E-state index >= 15 is 0 Å². The van der Waals surface area contributed by atoms with Gasteiger partial charge in [0, 0.05) is 36.0 Å². The smallest absolute Gasteiger partial charge is 0.406 e. The van der Waals surface area contributed by atoms with Gasteiger partial charge in [0.25, 0.3) is 0 Å². The quantitative estimate of drug-likeness (QED) is 0.387. The monoisotopic (exact) mass is 429 g/mol. The number of anilines is 2. The largest absolute Gasteiger partial charge is 0.497 e. The number of methoxy groups -OCH3 is 1. The zero-order valence-electron chi connectivity index (χ0n) is 18.8. The maximum atomic E-state index is 11.3. The van der Waals surface area contributed by atoms with E-state index in [0.29, 0.717) is 13.0 Å². The molecule has 1 heterocycles. The Bertz CT molecular complexity index is 1300. The molecule has 3 aromatic carbocycles. The molecule has 0 saturated heterocycles. The molecule has 0 aliphatic heterocycles. The van der Waals surface area contributed by atoms with Crippen molar-refractivity contribution in [1.29, 1.82) is 0 Å². The molecule has 0 bridgehead atoms. The SMILES string of the molecule is CNC(=O)OCCc1cccc(Nc2c3ccc(OC)cc3nc3cc(C)c(C)cc23)c1. The third kappa shape index (κ3) is 4.44. The number of alkyl carbamates (subject to hydrolysis) is 1. The van der Waals surface area contributed by atoms with Gasteiger partial charge in [-0.2, -0.15) is 0 Å². The molecule has 2 N–H and O–H groups in total. The lowest BCUT2D eigenvalue weighted by Crippen LogP contribution is -2.20. The first-order valence-corrected chi connectivity index (χ1v) is 10.6. The van der Waals surface area contributed by atoms with Gasteiger partial charge >= 0.3 is 6.09 Å². The number of benzene rings is 3. The number of pyridine rings is 1. The third-order valence-electron chi connectivity index (χ3n) is 5.62. The van der Waals surface area contributed by atoms with Crippen molar-refractivity contribution in [2.75, 3.05) is 26.1 Å². The molecule has 0 atom stereocenters. The van der Waals surface area contributed by atoms with Crippen LogP contribution in [0, 0.1) is 13.8 Å². The molecule has 6 heteroatoms. The van der Waals surface area contributed by atoms with Crippen LogP contribution in [0.2, 0.25) is 0 Å². The van der Waals surface area contributed by atoms with Crippen LogP contribution >= 0.6 is 0 Å². The fourth-order valence-electron chi connectivity index (χ4n) is 3.73. The first-order valence-electron chi connectivity index (χ1n) is 10.6. The van der Waals surface area contributed by atoms with Crippen molar-refractivity contribution in [3.05, 3.63) is 71.3 Å². The first-order chi connectivity index (χ1) is 15.5. The van der Waals surface area contributed by atoms with Gasteiger partial charge in [-0.05, 0) is 66.9 Å². The number of hydrogen-bond donors (Lipinski definition) is 2. The van der Waals surface area contributed by atoms with Crippen LogP contribution in [0.25, 0.3) is 21.8 Å². The molecule has 0 aliphatic carbocycles. The Morgan fingerprint density at radius 2 is 1.75 bits per heavy atom. The third-order valence-corrected chi connectivity index (χ3v) is 5.62. The van der Waals surface area contributed by atoms with Crippen LogP contribution in [-0.4, -0.2) is 31.8 Å². The van der Waals surface area contributed by atoms with E-state index in [1.54, 1.807) is 14.2 Å². The van der Waals surface area contributed by atoms with Gasteiger partial charge < -0.3 is 20.1 Å². The van der Waals surface area contributed by atoms with E-state index < -0.39 is 6.09 Å². The van der Waals surface area contributed by atoms with Gasteiger partial charge in [-0.25, -0.2) is 9.78 Å². The van der Waals surface area contributed by atoms with E-state index in [0.717, 1.165) is 44.5 Å². The van der Waals surface area contributed by atoms with Crippen LogP contribution < -0.4 is 15.4 Å². The van der Waals surface area contributed by atoms with Gasteiger partial charge in [0.1, 0.15) is 5.75 Å². The summed E-state index contributed by atoms with van der Waals surface area (Å²) in [6, 6.07) is 18.4. The lowest BCUT2D eigenvalue weighted by molar-refractivity contribution is 0.150. The maximum absolute atomic E-state index is 11.3. The van der Waals surface area contributed by atoms with Crippen molar-refractivity contribution in [2.24, 2.45) is 0 Å². The number of carbonyl (C=O) groups is 1. The number of amides is 1. The van der Waals surface area contributed by atoms with Gasteiger partial charge in [-0.1, -0.05) is 12.1 Å². The van der Waals surface area contributed by atoms with E-state index in [9.17, 15) is 4.79 Å². The predicted octanol–water partition coefficient (Wildman–Crippen LogP) is 5.66. The molecule has 0 spiro atoms. The van der Waals surface area contributed by atoms with Crippen LogP contribution in [0.4, 0.5) is 16.2 Å². The average molecular weight is 430 g/mol. The average Bonchev–Trinajstić information content (AvgIpc) is 2.80. The Morgan fingerprint density at radius 1 is 0.969 bits per heavy atom. The Labute approximate surface area is 187 Å². The van der Waals surface area contributed by atoms with Crippen molar-refractivity contribution in [3.8, 4) is 5.75 Å². The van der Waals surface area contributed by atoms with Gasteiger partial charge in [-0.3, -0.25) is 0 Å². The number of fused-ring (bicyclic) bond motifs is 2. The van der Waals surface area contributed by atoms with Crippen molar-refractivity contribution in [3.63, 3.8) is 0 Å². The first kappa shape index (κ1) is 21.4. The second kappa shape index (κ2) is 9.14. The molecule has 0 saturated carbocycles. The molecule has 6 nitrogen and oxygen atoms in total. The molecule has 0 aliphatic rings. The molecule has 32 heavy (non-hydrogen) atoms. The van der Waals surface area contributed by atoms with E-state index in [-0.39, 0.29) is 0 Å². The highest BCUT2D eigenvalue weighted by molar-refractivity contribution is 6.09. The number of aromatic nitrogens is 1. The fraction of sp³-hybridized carbons (Fsp3) is 0.231. The van der Waals surface area contributed by atoms with Crippen LogP contribution in [0.1, 0.15) is 16.7 Å². The van der Waals surface area contributed by atoms with Gasteiger partial charge in [-0.15, -0.1) is 0 Å². The molecule has 0 radical (unpaired) electrons. The predicted molar refractivity (Wildman–Crippen MR) is 129 cm³/mol. The Hall–Kier alpha value is -3.80. The molecule has 0 unspecified atom stereocenters. The number of nitrogens with zero attached hydrogens (tertiary/aromatic N) is 1. The highest BCUT2D eigenvalue weighted by Crippen LogP contribution is 2.36. The number of aryl methyl sites for hydroxylation is 2. The number of ether oxygens (including phenoxy) is 2. The second-order valence-corrected chi connectivity index (χ2v) is 7.78. The highest BCUT2D eigenvalue weighted by Gasteiger charge is 2.12. The number of nitrogens with one attached hydrogen (secondary N) is 2. The molecule has 4 rings (SSSR count). The second-order valence-electron chi connectivity index (χ2n) is 7.78. The Kier molecular flexibility index (Phi) is 6.12. The minimum atomic E-state index is -0.421. The van der Waals surface area contributed by atoms with Crippen molar-refractivity contribution in [1.82, 2.24) is 10.3 Å². The van der Waals surface area contributed by atoms with Crippen LogP contribution in [0.3, 0.4) is 0 Å². The van der Waals surface area contributed by atoms with E-state index in [1.807, 2.05) is 36.4 Å². The standard InChI is InChI=1S/C26H27N3O3/c1-16-12-22-23(13-17(16)2)29-24-15-20(31-4)8-9-21(24)25(22)28-19-7-5-6-18(14-19)10-11-32-26(30)27-3/h5-9,12-15H,10-11H2,1-4H3,(H,27,30)(H,28,29). The number of rotatable bonds is 6. The van der Waals surface area contributed by atoms with Crippen LogP contribution in [0.15, 0.2) is 54.6 Å². The van der Waals surface area contributed by atoms with E-state index in [2.05, 4.69) is 42.7 Å². The van der Waals surface area contributed by atoms with Crippen molar-refractivity contribution < 1.29 is 14.3 Å². The summed E-state index contributed by atoms with van der Waals surface area (Å²) in [6.45, 7) is 4.54. The summed E-state index contributed by atoms with van der Waals surface area (Å²) in [7, 11) is 3.21. The topological polar surface area (TPSA) is 72.5 Å². The van der Waals surface area contributed by atoms with E-state index in [1.165, 1.54) is 11.1 Å². The zero-order chi connectivity index (χ0) is 22.7. The lowest BCUT2D eigenvalue weighted by atomic mass is 10.0. The summed E-state index contributed by atoms with van der Waals surface area (Å²) in [6.07, 6.45) is 0.214. The maximum Gasteiger partial charge on any atom is 0.406 e. The Morgan fingerprint density at radius 3 is 2.53 bits per heavy atom. The van der Waals surface area contributed by atoms with Crippen LogP contribution in [-0.2, 0) is 11.2 Å². The molecule has 1 amide bonds. The zero-order valence-corrected chi connectivity index (χ0v) is 18.8. The number of hydrogen-bond acceptors (Lipinski definition) is 5. The fourth-order valence-corrected chi connectivity index (χ4v) is 3.73. The summed E-state index contributed by atoms with van der Waals surface area (Å²) in [5.41, 5.74) is 7.28. The summed E-state index contributed by atoms with van der Waals surface area (Å²) in [5.74, 6) is 0.775. The van der Waals surface area contributed by atoms with Crippen molar-refractivity contribution in [2.45, 2.75) is 20.3 Å². The minimum absolute atomic E-state index is 0.322. The minimum Gasteiger partial charge on any atom is -0.497 e. The summed E-state index contributed by atoms with van der Waals surface area (Å²) in [4.78, 5) is 16.2. The summed E-state index contributed by atoms with van der Waals surface area (Å²) in [5, 5.41) is 8.17. The molecule has 1 aromatic heterocycles. The van der Waals surface area contributed by atoms with Crippen LogP contribution in [0.5, 0.6) is 5.75 Å². The molecular formula is C26H27N3O3. The van der Waals surface area contributed by atoms with E-state index in [4.69, 9.17) is 14.5 Å². The lowest BCUT2D eigenvalue weighted by Gasteiger charge is -2.16. The molecule has 164 valence electrons. The normalized spacial score (nSPS) is 10.9. The molecular weight excluding hydrogens is 402 g/mol. The highest BCUT2D eigenvalue weighted by atomic mass is 16.5. The number of carbonyl (C=O) groups excluding carboxylic acids is 1. The Balaban J connectivity index is 1.75. The summed E-state index contributed by atoms with van der Waals surface area (Å²) >= 11 is 0. The van der Waals surface area contributed by atoms with Gasteiger partial charge in [0.2, 0.25) is 0 Å².